The maximum absolute atomic E-state index is 10.2. The zero-order valence-corrected chi connectivity index (χ0v) is 11.2. The molecule has 2 atom stereocenters. The molecule has 0 spiro atoms. The lowest BCUT2D eigenvalue weighted by Gasteiger charge is -2.30. The molecule has 1 aromatic rings. The molecule has 0 amide bonds. The summed E-state index contributed by atoms with van der Waals surface area (Å²) in [5.41, 5.74) is 1.31. The van der Waals surface area contributed by atoms with Crippen molar-refractivity contribution in [2.45, 2.75) is 39.9 Å². The zero-order chi connectivity index (χ0) is 13.2. The summed E-state index contributed by atoms with van der Waals surface area (Å²) in [5, 5.41) is 20.3. The lowest BCUT2D eigenvalue weighted by molar-refractivity contribution is -0.0461. The van der Waals surface area contributed by atoms with Crippen molar-refractivity contribution in [1.82, 2.24) is 0 Å². The highest BCUT2D eigenvalue weighted by atomic mass is 16.5. The van der Waals surface area contributed by atoms with Crippen LogP contribution in [0, 0.1) is 12.3 Å². The number of hydrogen-bond donors (Lipinski definition) is 2. The van der Waals surface area contributed by atoms with E-state index in [1.54, 1.807) is 19.2 Å². The van der Waals surface area contributed by atoms with Gasteiger partial charge in [0.15, 0.2) is 0 Å². The van der Waals surface area contributed by atoms with Crippen molar-refractivity contribution < 1.29 is 14.9 Å². The van der Waals surface area contributed by atoms with Gasteiger partial charge in [-0.1, -0.05) is 26.8 Å². The van der Waals surface area contributed by atoms with Gasteiger partial charge in [-0.3, -0.25) is 0 Å². The molecule has 1 aromatic carbocycles. The van der Waals surface area contributed by atoms with Crippen molar-refractivity contribution in [3.05, 3.63) is 29.3 Å². The second kappa shape index (κ2) is 5.07. The quantitative estimate of drug-likeness (QED) is 0.850. The van der Waals surface area contributed by atoms with Gasteiger partial charge < -0.3 is 14.9 Å². The molecular formula is C14H22O3. The van der Waals surface area contributed by atoms with E-state index in [-0.39, 0.29) is 5.41 Å². The molecule has 3 nitrogen and oxygen atoms in total. The van der Waals surface area contributed by atoms with Crippen LogP contribution in [0.5, 0.6) is 5.75 Å². The number of rotatable bonds is 3. The number of ether oxygens (including phenoxy) is 1. The Morgan fingerprint density at radius 2 is 1.76 bits per heavy atom. The summed E-state index contributed by atoms with van der Waals surface area (Å²) < 4.78 is 5.11. The van der Waals surface area contributed by atoms with Crippen LogP contribution in [-0.2, 0) is 0 Å². The van der Waals surface area contributed by atoms with Gasteiger partial charge >= 0.3 is 0 Å². The van der Waals surface area contributed by atoms with Gasteiger partial charge in [-0.05, 0) is 35.6 Å². The molecule has 2 N–H and O–H groups in total. The molecule has 0 fully saturated rings. The summed E-state index contributed by atoms with van der Waals surface area (Å²) in [4.78, 5) is 0. The Kier molecular flexibility index (Phi) is 4.17. The van der Waals surface area contributed by atoms with E-state index in [9.17, 15) is 10.2 Å². The minimum Gasteiger partial charge on any atom is -0.497 e. The molecule has 0 aliphatic rings. The number of aryl methyl sites for hydroxylation is 1. The Morgan fingerprint density at radius 1 is 1.18 bits per heavy atom. The lowest BCUT2D eigenvalue weighted by Crippen LogP contribution is -2.32. The molecule has 2 unspecified atom stereocenters. The first-order valence-electron chi connectivity index (χ1n) is 5.78. The number of aliphatic hydroxyl groups is 2. The second-order valence-electron chi connectivity index (χ2n) is 5.48. The second-order valence-corrected chi connectivity index (χ2v) is 5.48. The summed E-state index contributed by atoms with van der Waals surface area (Å²) in [5.74, 6) is 0.753. The highest BCUT2D eigenvalue weighted by Crippen LogP contribution is 2.32. The van der Waals surface area contributed by atoms with Crippen LogP contribution in [0.15, 0.2) is 18.2 Å². The van der Waals surface area contributed by atoms with Crippen LogP contribution in [0.3, 0.4) is 0 Å². The van der Waals surface area contributed by atoms with Crippen LogP contribution < -0.4 is 4.74 Å². The summed E-state index contributed by atoms with van der Waals surface area (Å²) in [7, 11) is 1.61. The van der Waals surface area contributed by atoms with Crippen molar-refractivity contribution in [3.63, 3.8) is 0 Å². The van der Waals surface area contributed by atoms with Crippen LogP contribution >= 0.6 is 0 Å². The molecule has 0 radical (unpaired) electrons. The summed E-state index contributed by atoms with van der Waals surface area (Å²) >= 11 is 0. The van der Waals surface area contributed by atoms with Gasteiger partial charge in [0.25, 0.3) is 0 Å². The van der Waals surface area contributed by atoms with Crippen molar-refractivity contribution >= 4 is 0 Å². The number of methoxy groups -OCH3 is 1. The van der Waals surface area contributed by atoms with Crippen LogP contribution in [0.1, 0.15) is 38.0 Å². The molecule has 0 bridgehead atoms. The first kappa shape index (κ1) is 14.0. The molecule has 0 heterocycles. The van der Waals surface area contributed by atoms with Crippen LogP contribution in [0.4, 0.5) is 0 Å². The maximum atomic E-state index is 10.2. The highest BCUT2D eigenvalue weighted by molar-refractivity contribution is 5.36. The molecule has 1 rings (SSSR count). The van der Waals surface area contributed by atoms with E-state index < -0.39 is 12.2 Å². The van der Waals surface area contributed by atoms with Gasteiger partial charge in [0.1, 0.15) is 11.9 Å². The Hall–Kier alpha value is -1.06. The van der Waals surface area contributed by atoms with Gasteiger partial charge in [-0.2, -0.15) is 0 Å². The van der Waals surface area contributed by atoms with Gasteiger partial charge in [0.2, 0.25) is 0 Å². The van der Waals surface area contributed by atoms with E-state index in [1.807, 2.05) is 33.8 Å². The molecule has 3 heteroatoms. The van der Waals surface area contributed by atoms with Gasteiger partial charge in [0.05, 0.1) is 13.2 Å². The standard InChI is InChI=1S/C14H22O3/c1-9-8-10(17-5)6-7-11(9)12(15)13(16)14(2,3)4/h6-8,12-13,15-16H,1-5H3. The van der Waals surface area contributed by atoms with Crippen molar-refractivity contribution in [2.75, 3.05) is 7.11 Å². The molecule has 0 aromatic heterocycles. The van der Waals surface area contributed by atoms with Gasteiger partial charge in [-0.15, -0.1) is 0 Å². The Balaban J connectivity index is 3.01. The zero-order valence-electron chi connectivity index (χ0n) is 11.2. The fourth-order valence-electron chi connectivity index (χ4n) is 1.75. The van der Waals surface area contributed by atoms with E-state index in [2.05, 4.69) is 0 Å². The topological polar surface area (TPSA) is 49.7 Å². The number of benzene rings is 1. The third kappa shape index (κ3) is 3.20. The van der Waals surface area contributed by atoms with E-state index in [0.717, 1.165) is 16.9 Å². The highest BCUT2D eigenvalue weighted by Gasteiger charge is 2.30. The first-order valence-corrected chi connectivity index (χ1v) is 5.78. The number of aliphatic hydroxyl groups excluding tert-OH is 2. The van der Waals surface area contributed by atoms with E-state index in [4.69, 9.17) is 4.74 Å². The third-order valence-electron chi connectivity index (χ3n) is 2.98. The SMILES string of the molecule is COc1ccc(C(O)C(O)C(C)(C)C)c(C)c1. The average molecular weight is 238 g/mol. The molecular weight excluding hydrogens is 216 g/mol. The van der Waals surface area contributed by atoms with Crippen LogP contribution in [0.2, 0.25) is 0 Å². The van der Waals surface area contributed by atoms with Crippen molar-refractivity contribution in [2.24, 2.45) is 5.41 Å². The molecule has 0 aliphatic heterocycles. The lowest BCUT2D eigenvalue weighted by atomic mass is 9.83. The molecule has 96 valence electrons. The predicted molar refractivity (Wildman–Crippen MR) is 68.2 cm³/mol. The molecule has 0 saturated carbocycles. The fourth-order valence-corrected chi connectivity index (χ4v) is 1.75. The van der Waals surface area contributed by atoms with Gasteiger partial charge in [0, 0.05) is 0 Å². The summed E-state index contributed by atoms with van der Waals surface area (Å²) in [6.45, 7) is 7.61. The minimum atomic E-state index is -0.874. The smallest absolute Gasteiger partial charge is 0.119 e. The summed E-state index contributed by atoms with van der Waals surface area (Å²) in [6.07, 6.45) is -1.67. The van der Waals surface area contributed by atoms with Crippen molar-refractivity contribution in [3.8, 4) is 5.75 Å². The Bertz CT molecular complexity index is 380. The Labute approximate surface area is 103 Å². The average Bonchev–Trinajstić information content (AvgIpc) is 2.25. The number of hydrogen-bond acceptors (Lipinski definition) is 3. The van der Waals surface area contributed by atoms with E-state index in [1.165, 1.54) is 0 Å². The molecule has 0 saturated heterocycles. The van der Waals surface area contributed by atoms with Crippen molar-refractivity contribution in [1.29, 1.82) is 0 Å². The monoisotopic (exact) mass is 238 g/mol. The fraction of sp³-hybridized carbons (Fsp3) is 0.571. The van der Waals surface area contributed by atoms with E-state index in [0.29, 0.717) is 0 Å². The third-order valence-corrected chi connectivity index (χ3v) is 2.98. The first-order chi connectivity index (χ1) is 7.77. The Morgan fingerprint density at radius 3 is 2.18 bits per heavy atom. The largest absolute Gasteiger partial charge is 0.497 e. The predicted octanol–water partition coefficient (Wildman–Crippen LogP) is 2.44. The van der Waals surface area contributed by atoms with E-state index >= 15 is 0 Å². The molecule has 17 heavy (non-hydrogen) atoms. The van der Waals surface area contributed by atoms with Crippen LogP contribution in [-0.4, -0.2) is 23.4 Å². The minimum absolute atomic E-state index is 0.355. The normalized spacial score (nSPS) is 15.5. The van der Waals surface area contributed by atoms with Crippen LogP contribution in [0.25, 0.3) is 0 Å². The maximum Gasteiger partial charge on any atom is 0.119 e. The van der Waals surface area contributed by atoms with Gasteiger partial charge in [-0.25, -0.2) is 0 Å². The molecule has 0 aliphatic carbocycles. The summed E-state index contributed by atoms with van der Waals surface area (Å²) in [6, 6.07) is 5.45.